The van der Waals surface area contributed by atoms with Crippen LogP contribution < -0.4 is 21.3 Å². The van der Waals surface area contributed by atoms with Crippen LogP contribution in [0.5, 0.6) is 0 Å². The van der Waals surface area contributed by atoms with Crippen molar-refractivity contribution in [2.75, 3.05) is 40.8 Å². The zero-order valence-corrected chi connectivity index (χ0v) is 30.5. The number of ketones is 1. The first-order chi connectivity index (χ1) is 22.1. The van der Waals surface area contributed by atoms with E-state index in [1.807, 2.05) is 20.8 Å². The van der Waals surface area contributed by atoms with Gasteiger partial charge in [-0.1, -0.05) is 54.0 Å². The summed E-state index contributed by atoms with van der Waals surface area (Å²) in [7, 11) is 5.03. The van der Waals surface area contributed by atoms with Crippen molar-refractivity contribution in [3.05, 3.63) is 12.7 Å². The molecule has 13 nitrogen and oxygen atoms in total. The van der Waals surface area contributed by atoms with Gasteiger partial charge in [0.2, 0.25) is 24.0 Å². The summed E-state index contributed by atoms with van der Waals surface area (Å²) in [6.07, 6.45) is -0.550. The van der Waals surface area contributed by atoms with Gasteiger partial charge >= 0.3 is 6.03 Å². The van der Waals surface area contributed by atoms with Crippen molar-refractivity contribution < 1.29 is 37.3 Å². The summed E-state index contributed by atoms with van der Waals surface area (Å²) in [6.45, 7) is 15.0. The van der Waals surface area contributed by atoms with E-state index >= 15 is 0 Å². The van der Waals surface area contributed by atoms with Crippen molar-refractivity contribution in [3.8, 4) is 0 Å². The summed E-state index contributed by atoms with van der Waals surface area (Å²) >= 11 is -1.44. The van der Waals surface area contributed by atoms with Crippen LogP contribution in [-0.2, 0) is 30.7 Å². The van der Waals surface area contributed by atoms with Crippen LogP contribution in [0.25, 0.3) is 0 Å². The number of alkyl halides is 2. The normalized spacial score (nSPS) is 22.1. The Morgan fingerprint density at radius 2 is 1.62 bits per heavy atom. The maximum atomic E-state index is 14.3. The molecule has 0 spiro atoms. The van der Waals surface area contributed by atoms with Crippen LogP contribution in [0.1, 0.15) is 67.2 Å². The molecule has 48 heavy (non-hydrogen) atoms. The van der Waals surface area contributed by atoms with Crippen molar-refractivity contribution in [2.24, 2.45) is 22.7 Å². The molecule has 1 unspecified atom stereocenters. The molecule has 1 aliphatic carbocycles. The van der Waals surface area contributed by atoms with E-state index in [0.717, 1.165) is 12.8 Å². The highest BCUT2D eigenvalue weighted by Gasteiger charge is 2.52. The van der Waals surface area contributed by atoms with E-state index in [0.29, 0.717) is 6.42 Å². The molecule has 274 valence electrons. The molecule has 7 atom stereocenters. The second-order valence-corrected chi connectivity index (χ2v) is 16.8. The average molecular weight is 704 g/mol. The minimum atomic E-state index is -2.99. The number of likely N-dealkylation sites (tertiary alicyclic amines) is 1. The first-order valence-corrected chi connectivity index (χ1v) is 17.4. The lowest BCUT2D eigenvalue weighted by atomic mass is 9.85. The van der Waals surface area contributed by atoms with Gasteiger partial charge in [-0.3, -0.25) is 19.2 Å². The molecule has 0 aromatic carbocycles. The van der Waals surface area contributed by atoms with Crippen LogP contribution in [0.2, 0.25) is 0 Å². The fourth-order valence-corrected chi connectivity index (χ4v) is 7.06. The van der Waals surface area contributed by atoms with Crippen molar-refractivity contribution in [2.45, 2.75) is 97.8 Å². The zero-order valence-electron chi connectivity index (χ0n) is 29.7. The van der Waals surface area contributed by atoms with Crippen LogP contribution in [0.3, 0.4) is 0 Å². The van der Waals surface area contributed by atoms with Gasteiger partial charge in [-0.05, 0) is 35.5 Å². The molecular weight excluding hydrogens is 648 g/mol. The molecule has 2 rings (SSSR count). The molecule has 0 bridgehead atoms. The van der Waals surface area contributed by atoms with Crippen LogP contribution in [0, 0.1) is 22.7 Å². The van der Waals surface area contributed by atoms with E-state index in [-0.39, 0.29) is 31.5 Å². The number of carbonyl (C=O) groups is 5. The van der Waals surface area contributed by atoms with Gasteiger partial charge in [0.1, 0.15) is 29.7 Å². The van der Waals surface area contributed by atoms with Crippen molar-refractivity contribution in [1.82, 2.24) is 34.8 Å². The number of amides is 5. The van der Waals surface area contributed by atoms with E-state index in [1.165, 1.54) is 15.3 Å². The third-order valence-corrected chi connectivity index (χ3v) is 10.2. The molecule has 0 radical (unpaired) electrons. The molecule has 1 saturated heterocycles. The maximum absolute atomic E-state index is 14.3. The maximum Gasteiger partial charge on any atom is 0.315 e. The Balaban J connectivity index is 2.34. The Morgan fingerprint density at radius 1 is 1.00 bits per heavy atom. The molecule has 4 N–H and O–H groups in total. The molecular formula is C32H55F2N7O6S. The van der Waals surface area contributed by atoms with Crippen molar-refractivity contribution in [3.63, 3.8) is 0 Å². The number of Topliss-reactive ketones (excluding diaryl/α,β-unsaturated/α-hetero) is 1. The number of likely N-dealkylation sites (N-methyl/N-ethyl adjacent to an activating group) is 1. The highest BCUT2D eigenvalue weighted by atomic mass is 32.2. The highest BCUT2D eigenvalue weighted by Crippen LogP contribution is 2.43. The summed E-state index contributed by atoms with van der Waals surface area (Å²) in [4.78, 5) is 68.1. The standard InChI is InChI=1S/C32H55F2N7O6S/c1-11-15-35-28(44)25(42)21(16-23(33)34)36-27(43)24-20-14-12-13-19(20)17-41(24)29(45)26(32(5,6)7)38-30(46)37-22(31(2,3)4)18-40(10)48(47)39(8)9/h11,19-24,26H,1,12-18H2,2-10H3,(H,35,44)(H,36,43)(H2,37,38,46)/t19-,20-,21-,22+,24-,26+,48?/m0/s1. The lowest BCUT2D eigenvalue weighted by Gasteiger charge is -2.38. The molecule has 1 aliphatic heterocycles. The number of halogens is 2. The van der Waals surface area contributed by atoms with Gasteiger partial charge in [0, 0.05) is 40.7 Å². The molecule has 1 saturated carbocycles. The predicted octanol–water partition coefficient (Wildman–Crippen LogP) is 1.83. The lowest BCUT2D eigenvalue weighted by Crippen LogP contribution is -2.62. The minimum absolute atomic E-state index is 0.0299. The fraction of sp³-hybridized carbons (Fsp3) is 0.781. The van der Waals surface area contributed by atoms with Crippen LogP contribution >= 0.6 is 0 Å². The van der Waals surface area contributed by atoms with Gasteiger partial charge < -0.3 is 30.7 Å². The van der Waals surface area contributed by atoms with E-state index in [1.54, 1.807) is 46.2 Å². The number of nitrogens with zero attached hydrogens (tertiary/aromatic N) is 3. The Hall–Kier alpha value is -2.82. The van der Waals surface area contributed by atoms with Crippen LogP contribution in [0.15, 0.2) is 12.7 Å². The molecule has 5 amide bonds. The first kappa shape index (κ1) is 41.4. The van der Waals surface area contributed by atoms with Gasteiger partial charge in [0.15, 0.2) is 0 Å². The Labute approximate surface area is 286 Å². The number of hydrogen-bond acceptors (Lipinski definition) is 8. The second kappa shape index (κ2) is 17.2. The van der Waals surface area contributed by atoms with E-state index in [9.17, 15) is 37.3 Å². The molecule has 1 heterocycles. The van der Waals surface area contributed by atoms with Crippen LogP contribution in [-0.4, -0.2) is 119 Å². The SMILES string of the molecule is C=CCNC(=O)C(=O)[C@H](CC(F)F)NC(=O)[C@@H]1[C@H]2CCC[C@H]2CN1C(=O)[C@@H](NC(=O)N[C@H](CN(C)[S+]([O-])N(C)C)C(C)(C)C)C(C)(C)C. The number of nitrogens with one attached hydrogen (secondary N) is 4. The van der Waals surface area contributed by atoms with E-state index in [4.69, 9.17) is 0 Å². The third kappa shape index (κ3) is 11.1. The number of hydrogen-bond donors (Lipinski definition) is 4. The van der Waals surface area contributed by atoms with Crippen LogP contribution in [0.4, 0.5) is 13.6 Å². The molecule has 16 heteroatoms. The Morgan fingerprint density at radius 3 is 2.15 bits per heavy atom. The average Bonchev–Trinajstić information content (AvgIpc) is 3.57. The van der Waals surface area contributed by atoms with Gasteiger partial charge in [0.25, 0.3) is 5.91 Å². The molecule has 2 fully saturated rings. The molecule has 0 aromatic rings. The van der Waals surface area contributed by atoms with Gasteiger partial charge in [-0.2, -0.15) is 0 Å². The second-order valence-electron chi connectivity index (χ2n) is 15.0. The predicted molar refractivity (Wildman–Crippen MR) is 180 cm³/mol. The van der Waals surface area contributed by atoms with Gasteiger partial charge in [-0.15, -0.1) is 15.2 Å². The largest absolute Gasteiger partial charge is 0.579 e. The van der Waals surface area contributed by atoms with E-state index in [2.05, 4.69) is 27.8 Å². The summed E-state index contributed by atoms with van der Waals surface area (Å²) in [5.41, 5.74) is -1.27. The topological polar surface area (TPSA) is 166 Å². The third-order valence-electron chi connectivity index (χ3n) is 8.88. The summed E-state index contributed by atoms with van der Waals surface area (Å²) in [6, 6.07) is -5.07. The number of carbonyl (C=O) groups excluding carboxylic acids is 5. The number of urea groups is 1. The Kier molecular flexibility index (Phi) is 14.8. The monoisotopic (exact) mass is 703 g/mol. The van der Waals surface area contributed by atoms with Gasteiger partial charge in [-0.25, -0.2) is 13.6 Å². The fourth-order valence-electron chi connectivity index (χ4n) is 6.23. The van der Waals surface area contributed by atoms with Gasteiger partial charge in [0.05, 0.1) is 12.6 Å². The minimum Gasteiger partial charge on any atom is -0.579 e. The summed E-state index contributed by atoms with van der Waals surface area (Å²) in [5, 5.41) is 10.4. The highest BCUT2D eigenvalue weighted by molar-refractivity contribution is 7.86. The van der Waals surface area contributed by atoms with Crippen molar-refractivity contribution in [1.29, 1.82) is 0 Å². The first-order valence-electron chi connectivity index (χ1n) is 16.3. The quantitative estimate of drug-likeness (QED) is 0.114. The Bertz CT molecular complexity index is 1180. The van der Waals surface area contributed by atoms with Crippen molar-refractivity contribution >= 4 is 41.1 Å². The zero-order chi connectivity index (χ0) is 36.7. The lowest BCUT2D eigenvalue weighted by molar-refractivity contribution is -0.145. The number of rotatable bonds is 15. The molecule has 2 aliphatic rings. The summed E-state index contributed by atoms with van der Waals surface area (Å²) < 4.78 is 42.7. The smallest absolute Gasteiger partial charge is 0.315 e. The summed E-state index contributed by atoms with van der Waals surface area (Å²) in [5.74, 6) is -3.98. The molecule has 0 aromatic heterocycles. The van der Waals surface area contributed by atoms with E-state index < -0.39 is 88.9 Å². The number of fused-ring (bicyclic) bond motifs is 1.